The van der Waals surface area contributed by atoms with E-state index >= 15 is 0 Å². The van der Waals surface area contributed by atoms with Crippen LogP contribution in [0.15, 0.2) is 47.5 Å². The van der Waals surface area contributed by atoms with Crippen LogP contribution in [0.25, 0.3) is 0 Å². The van der Waals surface area contributed by atoms with Crippen LogP contribution >= 0.6 is 0 Å². The summed E-state index contributed by atoms with van der Waals surface area (Å²) in [6.45, 7) is 1.89. The first-order chi connectivity index (χ1) is 10.9. The Kier molecular flexibility index (Phi) is 3.66. The highest BCUT2D eigenvalue weighted by Gasteiger charge is 2.56. The van der Waals surface area contributed by atoms with Crippen molar-refractivity contribution < 1.29 is 17.9 Å². The van der Waals surface area contributed by atoms with Crippen molar-refractivity contribution in [3.8, 4) is 5.75 Å². The minimum absolute atomic E-state index is 0.151. The van der Waals surface area contributed by atoms with Gasteiger partial charge in [0.2, 0.25) is 0 Å². The zero-order valence-electron chi connectivity index (χ0n) is 12.8. The van der Waals surface area contributed by atoms with E-state index < -0.39 is 11.6 Å². The number of nitrogens with zero attached hydrogens (tertiary/aromatic N) is 1. The summed E-state index contributed by atoms with van der Waals surface area (Å²) >= 11 is 0. The van der Waals surface area contributed by atoms with E-state index in [-0.39, 0.29) is 12.0 Å². The van der Waals surface area contributed by atoms with Gasteiger partial charge in [-0.15, -0.1) is 0 Å². The van der Waals surface area contributed by atoms with Crippen molar-refractivity contribution in [1.82, 2.24) is 0 Å². The summed E-state index contributed by atoms with van der Waals surface area (Å²) in [5, 5.41) is 0. The normalized spacial score (nSPS) is 20.2. The average molecular weight is 319 g/mol. The van der Waals surface area contributed by atoms with Gasteiger partial charge in [0.25, 0.3) is 0 Å². The number of hydrogen-bond donors (Lipinski definition) is 0. The molecule has 5 heteroatoms. The zero-order chi connectivity index (χ0) is 16.7. The molecule has 0 aliphatic carbocycles. The number of methoxy groups -OCH3 is 1. The average Bonchev–Trinajstić information content (AvgIpc) is 2.53. The molecular formula is C18H16F3NO. The lowest BCUT2D eigenvalue weighted by Crippen LogP contribution is -2.47. The molecule has 1 heterocycles. The highest BCUT2D eigenvalue weighted by molar-refractivity contribution is 5.82. The Morgan fingerprint density at radius 3 is 2.39 bits per heavy atom. The summed E-state index contributed by atoms with van der Waals surface area (Å²) in [4.78, 5) is 4.12. The third-order valence-corrected chi connectivity index (χ3v) is 4.25. The van der Waals surface area contributed by atoms with Crippen LogP contribution in [0.3, 0.4) is 0 Å². The van der Waals surface area contributed by atoms with Crippen LogP contribution in [0.1, 0.15) is 16.7 Å². The summed E-state index contributed by atoms with van der Waals surface area (Å²) < 4.78 is 46.8. The van der Waals surface area contributed by atoms with Crippen LogP contribution < -0.4 is 4.74 Å². The number of fused-ring (bicyclic) bond motifs is 1. The maximum absolute atomic E-state index is 13.9. The molecule has 2 aromatic rings. The lowest BCUT2D eigenvalue weighted by molar-refractivity contribution is -0.168. The van der Waals surface area contributed by atoms with Crippen LogP contribution in [-0.4, -0.2) is 19.5 Å². The summed E-state index contributed by atoms with van der Waals surface area (Å²) in [7, 11) is 1.48. The van der Waals surface area contributed by atoms with Crippen LogP contribution in [0, 0.1) is 6.92 Å². The molecule has 0 fully saturated rings. The SMILES string of the molecule is COc1ccc([C@@]2(C(F)(F)F)C=Nc3cc(C)ccc3C2)cc1. The van der Waals surface area contributed by atoms with E-state index in [1.54, 1.807) is 24.3 Å². The summed E-state index contributed by atoms with van der Waals surface area (Å²) in [5.41, 5.74) is 0.247. The maximum Gasteiger partial charge on any atom is 0.403 e. The van der Waals surface area contributed by atoms with Crippen molar-refractivity contribution in [3.63, 3.8) is 0 Å². The van der Waals surface area contributed by atoms with Gasteiger partial charge in [-0.25, -0.2) is 0 Å². The Labute approximate surface area is 132 Å². The molecule has 3 rings (SSSR count). The van der Waals surface area contributed by atoms with Gasteiger partial charge in [-0.3, -0.25) is 4.99 Å². The van der Waals surface area contributed by atoms with Gasteiger partial charge in [-0.2, -0.15) is 13.2 Å². The number of hydrogen-bond acceptors (Lipinski definition) is 2. The van der Waals surface area contributed by atoms with Gasteiger partial charge in [-0.05, 0) is 48.2 Å². The van der Waals surface area contributed by atoms with Gasteiger partial charge in [-0.1, -0.05) is 24.3 Å². The third kappa shape index (κ3) is 2.60. The smallest absolute Gasteiger partial charge is 0.403 e. The minimum Gasteiger partial charge on any atom is -0.497 e. The van der Waals surface area contributed by atoms with E-state index in [1.165, 1.54) is 19.2 Å². The fourth-order valence-corrected chi connectivity index (χ4v) is 2.87. The van der Waals surface area contributed by atoms with Gasteiger partial charge in [0.1, 0.15) is 11.2 Å². The van der Waals surface area contributed by atoms with E-state index in [0.29, 0.717) is 17.0 Å². The second kappa shape index (κ2) is 5.41. The largest absolute Gasteiger partial charge is 0.497 e. The molecule has 0 bridgehead atoms. The minimum atomic E-state index is -4.44. The first kappa shape index (κ1) is 15.6. The van der Waals surface area contributed by atoms with E-state index in [1.807, 2.05) is 13.0 Å². The lowest BCUT2D eigenvalue weighted by atomic mass is 9.74. The third-order valence-electron chi connectivity index (χ3n) is 4.25. The van der Waals surface area contributed by atoms with Gasteiger partial charge >= 0.3 is 6.18 Å². The van der Waals surface area contributed by atoms with Crippen LogP contribution in [0.2, 0.25) is 0 Å². The summed E-state index contributed by atoms with van der Waals surface area (Å²) in [6, 6.07) is 11.3. The highest BCUT2D eigenvalue weighted by Crippen LogP contribution is 2.46. The van der Waals surface area contributed by atoms with E-state index in [0.717, 1.165) is 11.8 Å². The zero-order valence-corrected chi connectivity index (χ0v) is 12.8. The second-order valence-corrected chi connectivity index (χ2v) is 5.76. The van der Waals surface area contributed by atoms with E-state index in [2.05, 4.69) is 4.99 Å². The molecule has 0 amide bonds. The number of aliphatic imine (C=N–C) groups is 1. The molecule has 2 nitrogen and oxygen atoms in total. The number of benzene rings is 2. The molecule has 0 unspecified atom stereocenters. The number of ether oxygens (including phenoxy) is 1. The van der Waals surface area contributed by atoms with Crippen LogP contribution in [0.5, 0.6) is 5.75 Å². The molecule has 0 N–H and O–H groups in total. The number of aryl methyl sites for hydroxylation is 1. The topological polar surface area (TPSA) is 21.6 Å². The molecule has 0 spiro atoms. The maximum atomic E-state index is 13.9. The van der Waals surface area contributed by atoms with Gasteiger partial charge in [0.05, 0.1) is 12.8 Å². The predicted octanol–water partition coefficient (Wildman–Crippen LogP) is 4.76. The van der Waals surface area contributed by atoms with Crippen molar-refractivity contribution in [2.75, 3.05) is 7.11 Å². The van der Waals surface area contributed by atoms with E-state index in [4.69, 9.17) is 4.74 Å². The molecule has 23 heavy (non-hydrogen) atoms. The number of halogens is 3. The van der Waals surface area contributed by atoms with Crippen molar-refractivity contribution in [2.45, 2.75) is 24.9 Å². The summed E-state index contributed by atoms with van der Waals surface area (Å²) in [6.07, 6.45) is -3.55. The molecule has 120 valence electrons. The second-order valence-electron chi connectivity index (χ2n) is 5.76. The summed E-state index contributed by atoms with van der Waals surface area (Å²) in [5.74, 6) is 0.523. The van der Waals surface area contributed by atoms with Crippen LogP contribution in [-0.2, 0) is 11.8 Å². The van der Waals surface area contributed by atoms with Crippen molar-refractivity contribution in [3.05, 3.63) is 59.2 Å². The molecule has 1 aliphatic heterocycles. The van der Waals surface area contributed by atoms with Gasteiger partial charge < -0.3 is 4.74 Å². The molecule has 0 radical (unpaired) electrons. The Bertz CT molecular complexity index is 750. The predicted molar refractivity (Wildman–Crippen MR) is 83.8 cm³/mol. The first-order valence-electron chi connectivity index (χ1n) is 7.22. The van der Waals surface area contributed by atoms with Crippen LogP contribution in [0.4, 0.5) is 18.9 Å². The molecule has 0 saturated heterocycles. The first-order valence-corrected chi connectivity index (χ1v) is 7.22. The standard InChI is InChI=1S/C18H16F3NO/c1-12-3-4-13-10-17(18(19,20)21,11-22-16(13)9-12)14-5-7-15(23-2)8-6-14/h3-9,11H,10H2,1-2H3/t17-/m0/s1. The fraction of sp³-hybridized carbons (Fsp3) is 0.278. The molecule has 2 aromatic carbocycles. The number of alkyl halides is 3. The Morgan fingerprint density at radius 2 is 1.78 bits per heavy atom. The molecule has 1 aliphatic rings. The fourth-order valence-electron chi connectivity index (χ4n) is 2.87. The highest BCUT2D eigenvalue weighted by atomic mass is 19.4. The quantitative estimate of drug-likeness (QED) is 0.782. The number of rotatable bonds is 2. The lowest BCUT2D eigenvalue weighted by Gasteiger charge is -2.35. The van der Waals surface area contributed by atoms with Crippen molar-refractivity contribution >= 4 is 11.9 Å². The Balaban J connectivity index is 2.12. The van der Waals surface area contributed by atoms with Gasteiger partial charge in [0.15, 0.2) is 0 Å². The van der Waals surface area contributed by atoms with Crippen molar-refractivity contribution in [1.29, 1.82) is 0 Å². The molecule has 0 saturated carbocycles. The Hall–Kier alpha value is -2.30. The van der Waals surface area contributed by atoms with Gasteiger partial charge in [0, 0.05) is 6.21 Å². The molecule has 0 aromatic heterocycles. The van der Waals surface area contributed by atoms with Crippen molar-refractivity contribution in [2.24, 2.45) is 4.99 Å². The monoisotopic (exact) mass is 319 g/mol. The van der Waals surface area contributed by atoms with E-state index in [9.17, 15) is 13.2 Å². The molecule has 1 atom stereocenters. The Morgan fingerprint density at radius 1 is 1.09 bits per heavy atom. The molecular weight excluding hydrogens is 303 g/mol.